The van der Waals surface area contributed by atoms with Gasteiger partial charge in [0.1, 0.15) is 11.3 Å². The van der Waals surface area contributed by atoms with Crippen LogP contribution in [0.4, 0.5) is 13.2 Å². The number of carbonyl (C=O) groups is 1. The van der Waals surface area contributed by atoms with Crippen molar-refractivity contribution in [1.29, 1.82) is 0 Å². The fourth-order valence-corrected chi connectivity index (χ4v) is 4.78. The Morgan fingerprint density at radius 1 is 1.17 bits per heavy atom. The molecule has 0 saturated heterocycles. The van der Waals surface area contributed by atoms with E-state index in [2.05, 4.69) is 19.2 Å². The lowest BCUT2D eigenvalue weighted by Crippen LogP contribution is -2.45. The summed E-state index contributed by atoms with van der Waals surface area (Å²) in [4.78, 5) is 25.5. The first-order valence-corrected chi connectivity index (χ1v) is 11.8. The van der Waals surface area contributed by atoms with E-state index in [1.807, 2.05) is 0 Å². The SMILES string of the molecule is C[C@H]1[C@H](C)CCC[C@H]1NC(=O)COc1ccc2c(=O)c(-c3ccccc3Cl)c(C(F)(F)F)oc2c1. The molecule has 0 radical (unpaired) electrons. The van der Waals surface area contributed by atoms with Crippen LogP contribution in [0.2, 0.25) is 5.02 Å². The fourth-order valence-electron chi connectivity index (χ4n) is 4.55. The summed E-state index contributed by atoms with van der Waals surface area (Å²) >= 11 is 6.08. The highest BCUT2D eigenvalue weighted by Gasteiger charge is 2.40. The molecule has 0 aliphatic heterocycles. The van der Waals surface area contributed by atoms with Crippen LogP contribution in [0.3, 0.4) is 0 Å². The molecular formula is C26H25ClF3NO4. The molecule has 1 heterocycles. The number of hydrogen-bond donors (Lipinski definition) is 1. The Hall–Kier alpha value is -3.00. The summed E-state index contributed by atoms with van der Waals surface area (Å²) in [6.45, 7) is 3.96. The molecule has 1 fully saturated rings. The van der Waals surface area contributed by atoms with E-state index < -0.39 is 22.9 Å². The highest BCUT2D eigenvalue weighted by molar-refractivity contribution is 6.33. The van der Waals surface area contributed by atoms with Crippen molar-refractivity contribution in [1.82, 2.24) is 5.32 Å². The van der Waals surface area contributed by atoms with E-state index in [4.69, 9.17) is 20.8 Å². The minimum atomic E-state index is -4.94. The molecule has 5 nitrogen and oxygen atoms in total. The normalized spacial score (nSPS) is 20.6. The number of nitrogens with one attached hydrogen (secondary N) is 1. The van der Waals surface area contributed by atoms with Gasteiger partial charge < -0.3 is 14.5 Å². The monoisotopic (exact) mass is 507 g/mol. The largest absolute Gasteiger partial charge is 0.484 e. The molecule has 0 spiro atoms. The van der Waals surface area contributed by atoms with E-state index in [1.54, 1.807) is 6.07 Å². The van der Waals surface area contributed by atoms with Gasteiger partial charge in [0.2, 0.25) is 11.2 Å². The third-order valence-electron chi connectivity index (χ3n) is 6.69. The number of carbonyl (C=O) groups excluding carboxylic acids is 1. The van der Waals surface area contributed by atoms with Crippen LogP contribution >= 0.6 is 11.6 Å². The molecule has 1 amide bonds. The Balaban J connectivity index is 1.61. The van der Waals surface area contributed by atoms with Crippen LogP contribution in [0, 0.1) is 11.8 Å². The zero-order chi connectivity index (χ0) is 25.3. The van der Waals surface area contributed by atoms with Crippen molar-refractivity contribution in [2.75, 3.05) is 6.61 Å². The third-order valence-corrected chi connectivity index (χ3v) is 7.02. The van der Waals surface area contributed by atoms with Crippen molar-refractivity contribution >= 4 is 28.5 Å². The van der Waals surface area contributed by atoms with Crippen LogP contribution in [-0.4, -0.2) is 18.6 Å². The second kappa shape index (κ2) is 9.93. The summed E-state index contributed by atoms with van der Waals surface area (Å²) in [6, 6.07) is 9.75. The Morgan fingerprint density at radius 3 is 2.63 bits per heavy atom. The molecule has 186 valence electrons. The van der Waals surface area contributed by atoms with Crippen molar-refractivity contribution in [2.45, 2.75) is 45.3 Å². The van der Waals surface area contributed by atoms with Gasteiger partial charge in [-0.1, -0.05) is 56.5 Å². The quantitative estimate of drug-likeness (QED) is 0.431. The van der Waals surface area contributed by atoms with Gasteiger partial charge in [-0.05, 0) is 36.5 Å². The van der Waals surface area contributed by atoms with Gasteiger partial charge in [-0.3, -0.25) is 9.59 Å². The number of hydrogen-bond acceptors (Lipinski definition) is 4. The number of alkyl halides is 3. The van der Waals surface area contributed by atoms with Crippen LogP contribution in [-0.2, 0) is 11.0 Å². The maximum Gasteiger partial charge on any atom is 0.450 e. The minimum Gasteiger partial charge on any atom is -0.484 e. The van der Waals surface area contributed by atoms with Gasteiger partial charge in [-0.2, -0.15) is 13.2 Å². The van der Waals surface area contributed by atoms with Crippen LogP contribution < -0.4 is 15.5 Å². The number of halogens is 4. The van der Waals surface area contributed by atoms with Crippen molar-refractivity contribution in [2.24, 2.45) is 11.8 Å². The molecule has 0 bridgehead atoms. The lowest BCUT2D eigenvalue weighted by molar-refractivity contribution is -0.152. The fraction of sp³-hybridized carbons (Fsp3) is 0.385. The first kappa shape index (κ1) is 25.1. The summed E-state index contributed by atoms with van der Waals surface area (Å²) in [5, 5.41) is 2.91. The predicted octanol–water partition coefficient (Wildman–Crippen LogP) is 6.45. The van der Waals surface area contributed by atoms with Crippen LogP contribution in [0.25, 0.3) is 22.1 Å². The van der Waals surface area contributed by atoms with Gasteiger partial charge in [-0.25, -0.2) is 0 Å². The Morgan fingerprint density at radius 2 is 1.91 bits per heavy atom. The molecule has 9 heteroatoms. The van der Waals surface area contributed by atoms with Crippen LogP contribution in [0.5, 0.6) is 5.75 Å². The maximum atomic E-state index is 13.8. The van der Waals surface area contributed by atoms with Crippen molar-refractivity contribution in [3.63, 3.8) is 0 Å². The van der Waals surface area contributed by atoms with Gasteiger partial charge in [0.25, 0.3) is 5.91 Å². The molecule has 3 aromatic rings. The second-order valence-corrected chi connectivity index (χ2v) is 9.41. The average molecular weight is 508 g/mol. The van der Waals surface area contributed by atoms with Gasteiger partial charge in [0.15, 0.2) is 6.61 Å². The van der Waals surface area contributed by atoms with Gasteiger partial charge in [0, 0.05) is 22.7 Å². The van der Waals surface area contributed by atoms with E-state index in [9.17, 15) is 22.8 Å². The van der Waals surface area contributed by atoms with E-state index >= 15 is 0 Å². The Kier molecular flexibility index (Phi) is 7.12. The standard InChI is InChI=1S/C26H25ClF3NO4/c1-14-6-5-9-20(15(14)2)31-22(32)13-34-16-10-11-18-21(12-16)35-25(26(28,29)30)23(24(18)33)17-7-3-4-8-19(17)27/h3-4,7-8,10-12,14-15,20H,5-6,9,13H2,1-2H3,(H,31,32)/t14-,15+,20-/m1/s1. The van der Waals surface area contributed by atoms with Gasteiger partial charge in [0.05, 0.1) is 10.9 Å². The first-order valence-electron chi connectivity index (χ1n) is 11.4. The van der Waals surface area contributed by atoms with Crippen molar-refractivity contribution in [3.05, 3.63) is 63.5 Å². The van der Waals surface area contributed by atoms with Crippen LogP contribution in [0.1, 0.15) is 38.9 Å². The lowest BCUT2D eigenvalue weighted by Gasteiger charge is -2.34. The van der Waals surface area contributed by atoms with E-state index in [-0.39, 0.29) is 45.9 Å². The molecular weight excluding hydrogens is 483 g/mol. The second-order valence-electron chi connectivity index (χ2n) is 9.00. The summed E-state index contributed by atoms with van der Waals surface area (Å²) in [6.07, 6.45) is -1.87. The molecule has 3 atom stereocenters. The Bertz CT molecular complexity index is 1300. The molecule has 2 aromatic carbocycles. The lowest BCUT2D eigenvalue weighted by atomic mass is 9.78. The first-order chi connectivity index (χ1) is 16.6. The van der Waals surface area contributed by atoms with Gasteiger partial charge in [-0.15, -0.1) is 0 Å². The summed E-state index contributed by atoms with van der Waals surface area (Å²) in [7, 11) is 0. The smallest absolute Gasteiger partial charge is 0.450 e. The number of benzene rings is 2. The summed E-state index contributed by atoms with van der Waals surface area (Å²) in [5.41, 5.74) is -1.89. The molecule has 1 aliphatic carbocycles. The number of ether oxygens (including phenoxy) is 1. The predicted molar refractivity (Wildman–Crippen MR) is 128 cm³/mol. The molecule has 4 rings (SSSR count). The summed E-state index contributed by atoms with van der Waals surface area (Å²) in [5.74, 6) is -0.798. The third kappa shape index (κ3) is 5.32. The molecule has 1 saturated carbocycles. The highest BCUT2D eigenvalue weighted by Crippen LogP contribution is 2.39. The molecule has 1 aromatic heterocycles. The zero-order valence-electron chi connectivity index (χ0n) is 19.2. The zero-order valence-corrected chi connectivity index (χ0v) is 20.0. The van der Waals surface area contributed by atoms with E-state index in [0.29, 0.717) is 11.8 Å². The molecule has 35 heavy (non-hydrogen) atoms. The van der Waals surface area contributed by atoms with Gasteiger partial charge >= 0.3 is 6.18 Å². The summed E-state index contributed by atoms with van der Waals surface area (Å²) < 4.78 is 52.2. The number of fused-ring (bicyclic) bond motifs is 1. The van der Waals surface area contributed by atoms with Crippen LogP contribution in [0.15, 0.2) is 51.7 Å². The number of rotatable bonds is 5. The molecule has 1 N–H and O–H groups in total. The Labute approximate surface area is 205 Å². The van der Waals surface area contributed by atoms with E-state index in [0.717, 1.165) is 19.3 Å². The molecule has 0 unspecified atom stereocenters. The number of amides is 1. The molecule has 1 aliphatic rings. The van der Waals surface area contributed by atoms with Crippen molar-refractivity contribution < 1.29 is 27.1 Å². The maximum absolute atomic E-state index is 13.8. The van der Waals surface area contributed by atoms with Crippen molar-refractivity contribution in [3.8, 4) is 16.9 Å². The van der Waals surface area contributed by atoms with E-state index in [1.165, 1.54) is 36.4 Å². The topological polar surface area (TPSA) is 68.5 Å². The average Bonchev–Trinajstić information content (AvgIpc) is 2.80. The highest BCUT2D eigenvalue weighted by atomic mass is 35.5. The minimum absolute atomic E-state index is 0.00251.